The van der Waals surface area contributed by atoms with Crippen LogP contribution in [0.1, 0.15) is 42.0 Å². The summed E-state index contributed by atoms with van der Waals surface area (Å²) in [6, 6.07) is 5.61. The van der Waals surface area contributed by atoms with Crippen LogP contribution in [-0.4, -0.2) is 6.36 Å². The van der Waals surface area contributed by atoms with E-state index in [0.29, 0.717) is 11.1 Å². The predicted molar refractivity (Wildman–Crippen MR) is 89.6 cm³/mol. The van der Waals surface area contributed by atoms with Gasteiger partial charge in [0.25, 0.3) is 0 Å². The molecule has 0 N–H and O–H groups in total. The maximum absolute atomic E-state index is 14.4. The summed E-state index contributed by atoms with van der Waals surface area (Å²) in [5.74, 6) is -4.74. The van der Waals surface area contributed by atoms with Gasteiger partial charge in [-0.1, -0.05) is 31.6 Å². The lowest BCUT2D eigenvalue weighted by molar-refractivity contribution is -0.276. The summed E-state index contributed by atoms with van der Waals surface area (Å²) in [5, 5.41) is 0. The molecule has 0 aromatic heterocycles. The minimum absolute atomic E-state index is 0.0116. The molecule has 0 spiro atoms. The Morgan fingerprint density at radius 3 is 2.37 bits per heavy atom. The monoisotopic (exact) mass is 386 g/mol. The number of halogens is 6. The molecule has 1 aliphatic rings. The van der Waals surface area contributed by atoms with Crippen LogP contribution in [0.15, 0.2) is 24.3 Å². The minimum Gasteiger partial charge on any atom is -0.399 e. The van der Waals surface area contributed by atoms with Gasteiger partial charge >= 0.3 is 6.36 Å². The molecule has 0 amide bonds. The van der Waals surface area contributed by atoms with Crippen LogP contribution in [0.4, 0.5) is 26.3 Å². The highest BCUT2D eigenvalue weighted by molar-refractivity contribution is 5.85. The fourth-order valence-corrected chi connectivity index (χ4v) is 3.25. The smallest absolute Gasteiger partial charge is 0.399 e. The van der Waals surface area contributed by atoms with E-state index in [4.69, 9.17) is 0 Å². The topological polar surface area (TPSA) is 9.23 Å². The molecule has 0 saturated heterocycles. The quantitative estimate of drug-likeness (QED) is 0.550. The summed E-state index contributed by atoms with van der Waals surface area (Å²) < 4.78 is 83.2. The molecule has 2 aromatic rings. The van der Waals surface area contributed by atoms with Gasteiger partial charge in [0.2, 0.25) is 5.75 Å². The first-order valence-electron chi connectivity index (χ1n) is 8.45. The van der Waals surface area contributed by atoms with E-state index in [2.05, 4.69) is 4.74 Å². The van der Waals surface area contributed by atoms with Gasteiger partial charge in [-0.05, 0) is 53.7 Å². The van der Waals surface area contributed by atoms with Crippen LogP contribution < -0.4 is 4.74 Å². The summed E-state index contributed by atoms with van der Waals surface area (Å²) in [6.07, 6.45) is -1.97. The number of aryl methyl sites for hydroxylation is 1. The van der Waals surface area contributed by atoms with E-state index in [0.717, 1.165) is 24.5 Å². The average Bonchev–Trinajstić information content (AvgIpc) is 2.58. The van der Waals surface area contributed by atoms with Gasteiger partial charge in [0, 0.05) is 5.56 Å². The molecule has 0 fully saturated rings. The van der Waals surface area contributed by atoms with E-state index in [1.54, 1.807) is 12.1 Å². The first kappa shape index (κ1) is 19.3. The Labute approximate surface area is 152 Å². The van der Waals surface area contributed by atoms with Crippen molar-refractivity contribution in [3.05, 3.63) is 64.0 Å². The summed E-state index contributed by atoms with van der Waals surface area (Å²) in [5.41, 5.74) is 1.70. The molecule has 3 rings (SSSR count). The Morgan fingerprint density at radius 2 is 1.74 bits per heavy atom. The van der Waals surface area contributed by atoms with Crippen LogP contribution in [-0.2, 0) is 12.8 Å². The SMILES string of the molecule is CCCc1ccc(C2=Cc3cc(F)c(OC(F)(F)F)c(F)c3CC2)c(F)c1. The second-order valence-electron chi connectivity index (χ2n) is 6.35. The van der Waals surface area contributed by atoms with Gasteiger partial charge in [-0.3, -0.25) is 0 Å². The molecular formula is C20H16F6O. The highest BCUT2D eigenvalue weighted by Crippen LogP contribution is 2.38. The van der Waals surface area contributed by atoms with Gasteiger partial charge in [0.15, 0.2) is 11.6 Å². The van der Waals surface area contributed by atoms with Crippen molar-refractivity contribution in [1.29, 1.82) is 0 Å². The highest BCUT2D eigenvalue weighted by Gasteiger charge is 2.35. The lowest BCUT2D eigenvalue weighted by atomic mass is 9.87. The van der Waals surface area contributed by atoms with Crippen molar-refractivity contribution in [2.75, 3.05) is 0 Å². The lowest BCUT2D eigenvalue weighted by Gasteiger charge is -2.20. The minimum atomic E-state index is -5.20. The third-order valence-corrected chi connectivity index (χ3v) is 4.42. The molecule has 0 atom stereocenters. The molecule has 2 aromatic carbocycles. The molecular weight excluding hydrogens is 370 g/mol. The molecule has 7 heteroatoms. The summed E-state index contributed by atoms with van der Waals surface area (Å²) in [4.78, 5) is 0. The zero-order valence-electron chi connectivity index (χ0n) is 14.4. The van der Waals surface area contributed by atoms with E-state index in [-0.39, 0.29) is 24.0 Å². The Balaban J connectivity index is 2.00. The van der Waals surface area contributed by atoms with Gasteiger partial charge in [0.1, 0.15) is 5.82 Å². The van der Waals surface area contributed by atoms with Gasteiger partial charge in [-0.2, -0.15) is 0 Å². The molecule has 27 heavy (non-hydrogen) atoms. The third-order valence-electron chi connectivity index (χ3n) is 4.42. The zero-order valence-corrected chi connectivity index (χ0v) is 14.4. The fourth-order valence-electron chi connectivity index (χ4n) is 3.25. The number of benzene rings is 2. The molecule has 0 aliphatic heterocycles. The maximum Gasteiger partial charge on any atom is 0.573 e. The zero-order chi connectivity index (χ0) is 19.8. The lowest BCUT2D eigenvalue weighted by Crippen LogP contribution is -2.20. The van der Waals surface area contributed by atoms with Crippen molar-refractivity contribution in [3.63, 3.8) is 0 Å². The van der Waals surface area contributed by atoms with E-state index >= 15 is 0 Å². The second kappa shape index (κ2) is 7.29. The molecule has 0 heterocycles. The molecule has 1 aliphatic carbocycles. The first-order valence-corrected chi connectivity index (χ1v) is 8.45. The van der Waals surface area contributed by atoms with Crippen LogP contribution in [0.3, 0.4) is 0 Å². The van der Waals surface area contributed by atoms with Crippen LogP contribution in [0.5, 0.6) is 5.75 Å². The Bertz CT molecular complexity index is 898. The molecule has 0 unspecified atom stereocenters. The van der Waals surface area contributed by atoms with Crippen LogP contribution >= 0.6 is 0 Å². The maximum atomic E-state index is 14.4. The summed E-state index contributed by atoms with van der Waals surface area (Å²) >= 11 is 0. The Morgan fingerprint density at radius 1 is 1.00 bits per heavy atom. The van der Waals surface area contributed by atoms with Gasteiger partial charge < -0.3 is 4.74 Å². The normalized spacial score (nSPS) is 14.0. The van der Waals surface area contributed by atoms with Gasteiger partial charge in [-0.25, -0.2) is 13.2 Å². The van der Waals surface area contributed by atoms with E-state index in [1.165, 1.54) is 12.1 Å². The van der Waals surface area contributed by atoms with Gasteiger partial charge in [-0.15, -0.1) is 13.2 Å². The van der Waals surface area contributed by atoms with Crippen molar-refractivity contribution >= 4 is 11.6 Å². The van der Waals surface area contributed by atoms with Crippen molar-refractivity contribution in [3.8, 4) is 5.75 Å². The summed E-state index contributed by atoms with van der Waals surface area (Å²) in [7, 11) is 0. The standard InChI is InChI=1S/C20H16F6O/c1-2-3-11-4-6-14(16(21)8-11)12-5-7-15-13(9-12)10-17(22)19(18(15)23)27-20(24,25)26/h4,6,8-10H,2-3,5,7H2,1H3. The molecule has 0 saturated carbocycles. The molecule has 1 nitrogen and oxygen atoms in total. The molecule has 0 bridgehead atoms. The average molecular weight is 386 g/mol. The van der Waals surface area contributed by atoms with Crippen LogP contribution in [0.25, 0.3) is 11.6 Å². The molecule has 0 radical (unpaired) electrons. The number of ether oxygens (including phenoxy) is 1. The highest BCUT2D eigenvalue weighted by atomic mass is 19.4. The number of rotatable bonds is 4. The summed E-state index contributed by atoms with van der Waals surface area (Å²) in [6.45, 7) is 1.98. The van der Waals surface area contributed by atoms with Crippen LogP contribution in [0, 0.1) is 17.5 Å². The Hall–Kier alpha value is -2.44. The number of hydrogen-bond donors (Lipinski definition) is 0. The van der Waals surface area contributed by atoms with Crippen molar-refractivity contribution < 1.29 is 31.1 Å². The fraction of sp³-hybridized carbons (Fsp3) is 0.300. The first-order chi connectivity index (χ1) is 12.7. The number of allylic oxidation sites excluding steroid dienone is 1. The number of alkyl halides is 3. The van der Waals surface area contributed by atoms with E-state index in [1.807, 2.05) is 6.92 Å². The third kappa shape index (κ3) is 4.12. The van der Waals surface area contributed by atoms with Crippen molar-refractivity contribution in [2.24, 2.45) is 0 Å². The largest absolute Gasteiger partial charge is 0.573 e. The van der Waals surface area contributed by atoms with Crippen molar-refractivity contribution in [2.45, 2.75) is 39.0 Å². The van der Waals surface area contributed by atoms with Crippen LogP contribution in [0.2, 0.25) is 0 Å². The Kier molecular flexibility index (Phi) is 5.22. The predicted octanol–water partition coefficient (Wildman–Crippen LogP) is 6.44. The number of fused-ring (bicyclic) bond motifs is 1. The molecule has 144 valence electrons. The van der Waals surface area contributed by atoms with E-state index < -0.39 is 29.6 Å². The van der Waals surface area contributed by atoms with E-state index in [9.17, 15) is 26.3 Å². The van der Waals surface area contributed by atoms with Gasteiger partial charge in [0.05, 0.1) is 0 Å². The van der Waals surface area contributed by atoms with Crippen molar-refractivity contribution in [1.82, 2.24) is 0 Å². The second-order valence-corrected chi connectivity index (χ2v) is 6.35. The number of hydrogen-bond acceptors (Lipinski definition) is 1.